The molecule has 0 bridgehead atoms. The predicted octanol–water partition coefficient (Wildman–Crippen LogP) is 13.3. The third-order valence-corrected chi connectivity index (χ3v) is 9.94. The Morgan fingerprint density at radius 3 is 1.02 bits per heavy atom. The van der Waals surface area contributed by atoms with Crippen molar-refractivity contribution in [1.29, 1.82) is 0 Å². The lowest BCUT2D eigenvalue weighted by Crippen LogP contribution is -2.59. The van der Waals surface area contributed by atoms with Gasteiger partial charge in [-0.15, -0.1) is 0 Å². The van der Waals surface area contributed by atoms with Gasteiger partial charge in [0.25, 0.3) is 0 Å². The van der Waals surface area contributed by atoms with E-state index in [9.17, 15) is 0 Å². The lowest BCUT2D eigenvalue weighted by atomic mass is 9.85. The molecular weight excluding hydrogens is 601 g/mol. The number of nitrogens with two attached hydrogens (primary N) is 2. The van der Waals surface area contributed by atoms with Gasteiger partial charge in [0.1, 0.15) is 12.2 Å². The first kappa shape index (κ1) is 45.8. The number of hydrogen-bond donors (Lipinski definition) is 2. The van der Waals surface area contributed by atoms with Crippen molar-refractivity contribution < 1.29 is 9.47 Å². The monoisotopic (exact) mass is 685 g/mol. The lowest BCUT2D eigenvalue weighted by Gasteiger charge is -2.35. The molecule has 1 heterocycles. The minimum absolute atomic E-state index is 0.207. The van der Waals surface area contributed by atoms with Crippen molar-refractivity contribution in [2.75, 3.05) is 0 Å². The molecular formula is C45H84N2O2. The van der Waals surface area contributed by atoms with Crippen molar-refractivity contribution in [3.05, 3.63) is 48.6 Å². The molecule has 0 spiro atoms. The molecule has 4 heteroatoms. The molecule has 1 aliphatic rings. The van der Waals surface area contributed by atoms with Crippen molar-refractivity contribution in [3.8, 4) is 0 Å². The Labute approximate surface area is 306 Å². The van der Waals surface area contributed by atoms with Gasteiger partial charge in [-0.2, -0.15) is 0 Å². The van der Waals surface area contributed by atoms with Crippen molar-refractivity contribution in [1.82, 2.24) is 0 Å². The molecule has 1 fully saturated rings. The van der Waals surface area contributed by atoms with Gasteiger partial charge in [-0.25, -0.2) is 0 Å². The quantitative estimate of drug-likeness (QED) is 0.0546. The van der Waals surface area contributed by atoms with E-state index >= 15 is 0 Å². The maximum absolute atomic E-state index is 6.85. The SMILES string of the molecule is CCCCCC=CCC=CCCCCCCCCC1(CCCCCCCCC=CCC=CCCCCC)OC(C(C)(C)N)C(C(C)(C)N)O1. The number of ether oxygens (including phenoxy) is 2. The molecule has 0 radical (unpaired) electrons. The summed E-state index contributed by atoms with van der Waals surface area (Å²) in [6.45, 7) is 12.7. The van der Waals surface area contributed by atoms with Crippen LogP contribution in [0.5, 0.6) is 0 Å². The van der Waals surface area contributed by atoms with E-state index in [1.165, 1.54) is 128 Å². The molecule has 0 aliphatic carbocycles. The zero-order chi connectivity index (χ0) is 36.1. The van der Waals surface area contributed by atoms with Gasteiger partial charge in [0.2, 0.25) is 0 Å². The zero-order valence-corrected chi connectivity index (χ0v) is 33.6. The van der Waals surface area contributed by atoms with Crippen molar-refractivity contribution >= 4 is 0 Å². The summed E-state index contributed by atoms with van der Waals surface area (Å²) >= 11 is 0. The van der Waals surface area contributed by atoms with Gasteiger partial charge >= 0.3 is 0 Å². The van der Waals surface area contributed by atoms with Gasteiger partial charge < -0.3 is 20.9 Å². The van der Waals surface area contributed by atoms with Crippen LogP contribution in [0.15, 0.2) is 48.6 Å². The summed E-state index contributed by atoms with van der Waals surface area (Å²) in [4.78, 5) is 0. The van der Waals surface area contributed by atoms with E-state index in [1.54, 1.807) is 0 Å². The second-order valence-corrected chi connectivity index (χ2v) is 16.3. The van der Waals surface area contributed by atoms with E-state index in [-0.39, 0.29) is 12.2 Å². The van der Waals surface area contributed by atoms with E-state index in [4.69, 9.17) is 20.9 Å². The molecule has 1 rings (SSSR count). The van der Waals surface area contributed by atoms with Gasteiger partial charge in [0, 0.05) is 23.9 Å². The average molecular weight is 685 g/mol. The molecule has 0 aromatic rings. The number of hydrogen-bond acceptors (Lipinski definition) is 4. The van der Waals surface area contributed by atoms with Crippen LogP contribution in [0.2, 0.25) is 0 Å². The van der Waals surface area contributed by atoms with E-state index in [1.807, 2.05) is 0 Å². The second-order valence-electron chi connectivity index (χ2n) is 16.3. The molecule has 4 N–H and O–H groups in total. The summed E-state index contributed by atoms with van der Waals surface area (Å²) in [5.41, 5.74) is 12.3. The van der Waals surface area contributed by atoms with Crippen molar-refractivity contribution in [2.24, 2.45) is 11.5 Å². The van der Waals surface area contributed by atoms with Crippen molar-refractivity contribution in [3.63, 3.8) is 0 Å². The first-order chi connectivity index (χ1) is 23.6. The topological polar surface area (TPSA) is 70.5 Å². The molecule has 0 saturated carbocycles. The average Bonchev–Trinajstić information content (AvgIpc) is 3.46. The van der Waals surface area contributed by atoms with E-state index in [2.05, 4.69) is 90.2 Å². The van der Waals surface area contributed by atoms with Crippen LogP contribution in [0, 0.1) is 0 Å². The molecule has 286 valence electrons. The van der Waals surface area contributed by atoms with E-state index in [0.29, 0.717) is 0 Å². The third kappa shape index (κ3) is 23.8. The van der Waals surface area contributed by atoms with Gasteiger partial charge in [-0.1, -0.05) is 140 Å². The van der Waals surface area contributed by atoms with Crippen molar-refractivity contribution in [2.45, 2.75) is 238 Å². The number of allylic oxidation sites excluding steroid dienone is 8. The van der Waals surface area contributed by atoms with Crippen LogP contribution in [0.25, 0.3) is 0 Å². The fourth-order valence-electron chi connectivity index (χ4n) is 6.82. The number of unbranched alkanes of at least 4 members (excludes halogenated alkanes) is 18. The highest BCUT2D eigenvalue weighted by molar-refractivity contribution is 5.04. The maximum Gasteiger partial charge on any atom is 0.169 e. The fourth-order valence-corrected chi connectivity index (χ4v) is 6.82. The van der Waals surface area contributed by atoms with Crippen LogP contribution in [-0.2, 0) is 9.47 Å². The summed E-state index contributed by atoms with van der Waals surface area (Å²) in [7, 11) is 0. The maximum atomic E-state index is 6.85. The normalized spacial score (nSPS) is 20.7. The van der Waals surface area contributed by atoms with E-state index in [0.717, 1.165) is 38.5 Å². The summed E-state index contributed by atoms with van der Waals surface area (Å²) in [6, 6.07) is 0. The molecule has 0 amide bonds. The lowest BCUT2D eigenvalue weighted by molar-refractivity contribution is -0.193. The molecule has 49 heavy (non-hydrogen) atoms. The standard InChI is InChI=1S/C45H84N2O2/c1-7-9-11-13-15-17-19-21-23-25-27-29-31-33-35-37-39-45(48-41(43(3,4)46)42(49-45)44(5,6)47)40-38-36-34-32-30-28-26-24-22-20-18-16-14-12-10-8-2/h15-18,21-24,41-42H,7-14,19-20,25-40,46-47H2,1-6H3. The first-order valence-electron chi connectivity index (χ1n) is 21.1. The molecule has 2 unspecified atom stereocenters. The minimum atomic E-state index is -0.562. The van der Waals surface area contributed by atoms with Gasteiger partial charge in [0.15, 0.2) is 5.79 Å². The molecule has 2 atom stereocenters. The van der Waals surface area contributed by atoms with Crippen LogP contribution < -0.4 is 11.5 Å². The van der Waals surface area contributed by atoms with Crippen LogP contribution in [0.1, 0.15) is 208 Å². The first-order valence-corrected chi connectivity index (χ1v) is 21.1. The van der Waals surface area contributed by atoms with E-state index < -0.39 is 16.9 Å². The predicted molar refractivity (Wildman–Crippen MR) is 217 cm³/mol. The Morgan fingerprint density at radius 1 is 0.429 bits per heavy atom. The Balaban J connectivity index is 2.38. The summed E-state index contributed by atoms with van der Waals surface area (Å²) in [6.07, 6.45) is 50.3. The summed E-state index contributed by atoms with van der Waals surface area (Å²) in [5.74, 6) is -0.562. The summed E-state index contributed by atoms with van der Waals surface area (Å²) in [5, 5.41) is 0. The van der Waals surface area contributed by atoms with Crippen LogP contribution in [0.3, 0.4) is 0 Å². The van der Waals surface area contributed by atoms with Crippen LogP contribution in [-0.4, -0.2) is 29.1 Å². The Morgan fingerprint density at radius 2 is 0.714 bits per heavy atom. The third-order valence-electron chi connectivity index (χ3n) is 9.94. The minimum Gasteiger partial charge on any atom is -0.342 e. The van der Waals surface area contributed by atoms with Crippen LogP contribution >= 0.6 is 0 Å². The Kier molecular flexibility index (Phi) is 26.6. The second kappa shape index (κ2) is 28.4. The number of rotatable bonds is 32. The molecule has 1 saturated heterocycles. The van der Waals surface area contributed by atoms with Gasteiger partial charge in [0.05, 0.1) is 0 Å². The van der Waals surface area contributed by atoms with Crippen LogP contribution in [0.4, 0.5) is 0 Å². The van der Waals surface area contributed by atoms with Gasteiger partial charge in [-0.05, 0) is 105 Å². The largest absolute Gasteiger partial charge is 0.342 e. The highest BCUT2D eigenvalue weighted by atomic mass is 16.8. The molecule has 0 aromatic heterocycles. The smallest absolute Gasteiger partial charge is 0.169 e. The highest BCUT2D eigenvalue weighted by Gasteiger charge is 2.54. The fraction of sp³-hybridized carbons (Fsp3) is 0.822. The molecule has 1 aliphatic heterocycles. The highest BCUT2D eigenvalue weighted by Crippen LogP contribution is 2.43. The Hall–Kier alpha value is -1.20. The van der Waals surface area contributed by atoms with Gasteiger partial charge in [-0.3, -0.25) is 0 Å². The molecule has 0 aromatic carbocycles. The summed E-state index contributed by atoms with van der Waals surface area (Å²) < 4.78 is 13.7. The zero-order valence-electron chi connectivity index (χ0n) is 33.6. The molecule has 4 nitrogen and oxygen atoms in total. The Bertz CT molecular complexity index is 803.